The van der Waals surface area contributed by atoms with E-state index in [-0.39, 0.29) is 17.7 Å². The van der Waals surface area contributed by atoms with Crippen LogP contribution in [0.15, 0.2) is 36.4 Å². The van der Waals surface area contributed by atoms with E-state index >= 15 is 0 Å². The number of likely N-dealkylation sites (tertiary alicyclic amines) is 1. The minimum absolute atomic E-state index is 0.0410. The van der Waals surface area contributed by atoms with Crippen LogP contribution in [0.4, 0.5) is 5.69 Å². The number of benzene rings is 2. The van der Waals surface area contributed by atoms with Crippen LogP contribution in [-0.4, -0.2) is 50.0 Å². The standard InChI is InChI=1S/C24H26N6O2/c1-14-5-7-19-18(10-14)23(29-28-19)24(32)30-9-3-4-16(13-30)11-22(31)27-17-6-8-20-21(12-17)26-15(2)25-20/h5-8,10,12,16H,3-4,9,11,13H2,1-2H3,(H,25,26)(H,27,31)(H,28,29)/t16-/m0/s1. The summed E-state index contributed by atoms with van der Waals surface area (Å²) in [4.78, 5) is 35.3. The van der Waals surface area contributed by atoms with E-state index in [4.69, 9.17) is 0 Å². The first-order valence-corrected chi connectivity index (χ1v) is 11.0. The van der Waals surface area contributed by atoms with E-state index < -0.39 is 0 Å². The number of piperidine rings is 1. The molecule has 1 aliphatic heterocycles. The molecular formula is C24H26N6O2. The van der Waals surface area contributed by atoms with Crippen LogP contribution in [0.25, 0.3) is 21.9 Å². The lowest BCUT2D eigenvalue weighted by Crippen LogP contribution is -2.41. The number of aryl methyl sites for hydroxylation is 2. The maximum Gasteiger partial charge on any atom is 0.275 e. The summed E-state index contributed by atoms with van der Waals surface area (Å²) in [7, 11) is 0. The highest BCUT2D eigenvalue weighted by Crippen LogP contribution is 2.25. The van der Waals surface area contributed by atoms with Crippen molar-refractivity contribution in [3.05, 3.63) is 53.5 Å². The van der Waals surface area contributed by atoms with Crippen molar-refractivity contribution in [3.8, 4) is 0 Å². The smallest absolute Gasteiger partial charge is 0.275 e. The van der Waals surface area contributed by atoms with Gasteiger partial charge in [0.1, 0.15) is 5.82 Å². The maximum absolute atomic E-state index is 13.2. The van der Waals surface area contributed by atoms with Crippen molar-refractivity contribution in [1.82, 2.24) is 25.1 Å². The van der Waals surface area contributed by atoms with Crippen LogP contribution in [0.2, 0.25) is 0 Å². The van der Waals surface area contributed by atoms with Crippen molar-refractivity contribution in [2.24, 2.45) is 5.92 Å². The Morgan fingerprint density at radius 2 is 2.03 bits per heavy atom. The van der Waals surface area contributed by atoms with Crippen LogP contribution in [0.5, 0.6) is 0 Å². The molecule has 1 saturated heterocycles. The summed E-state index contributed by atoms with van der Waals surface area (Å²) in [6, 6.07) is 11.6. The predicted octanol–water partition coefficient (Wildman–Crippen LogP) is 3.94. The lowest BCUT2D eigenvalue weighted by Gasteiger charge is -2.32. The van der Waals surface area contributed by atoms with E-state index in [0.717, 1.165) is 51.9 Å². The molecule has 5 rings (SSSR count). The van der Waals surface area contributed by atoms with Gasteiger partial charge in [-0.3, -0.25) is 14.7 Å². The van der Waals surface area contributed by atoms with Crippen LogP contribution < -0.4 is 5.32 Å². The number of hydrogen-bond donors (Lipinski definition) is 3. The number of imidazole rings is 1. The van der Waals surface area contributed by atoms with E-state index in [9.17, 15) is 9.59 Å². The second-order valence-corrected chi connectivity index (χ2v) is 8.69. The van der Waals surface area contributed by atoms with Crippen molar-refractivity contribution in [1.29, 1.82) is 0 Å². The molecule has 2 amide bonds. The third-order valence-corrected chi connectivity index (χ3v) is 6.09. The Labute approximate surface area is 185 Å². The van der Waals surface area contributed by atoms with Gasteiger partial charge in [-0.15, -0.1) is 0 Å². The Morgan fingerprint density at radius 1 is 1.16 bits per heavy atom. The number of rotatable bonds is 4. The van der Waals surface area contributed by atoms with Crippen LogP contribution in [0.3, 0.4) is 0 Å². The van der Waals surface area contributed by atoms with Crippen molar-refractivity contribution in [2.75, 3.05) is 18.4 Å². The molecule has 2 aromatic heterocycles. The van der Waals surface area contributed by atoms with Gasteiger partial charge in [0, 0.05) is 30.6 Å². The Morgan fingerprint density at radius 3 is 2.91 bits per heavy atom. The molecule has 8 heteroatoms. The zero-order valence-electron chi connectivity index (χ0n) is 18.2. The summed E-state index contributed by atoms with van der Waals surface area (Å²) in [5, 5.41) is 11.1. The molecule has 32 heavy (non-hydrogen) atoms. The first-order chi connectivity index (χ1) is 15.5. The Hall–Kier alpha value is -3.68. The number of carbonyl (C=O) groups excluding carboxylic acids is 2. The Bertz CT molecular complexity index is 1320. The zero-order valence-corrected chi connectivity index (χ0v) is 18.2. The lowest BCUT2D eigenvalue weighted by atomic mass is 9.94. The van der Waals surface area contributed by atoms with Crippen LogP contribution in [-0.2, 0) is 4.79 Å². The molecule has 8 nitrogen and oxygen atoms in total. The van der Waals surface area contributed by atoms with E-state index in [1.165, 1.54) is 0 Å². The molecule has 3 heterocycles. The Balaban J connectivity index is 1.24. The molecular weight excluding hydrogens is 404 g/mol. The third-order valence-electron chi connectivity index (χ3n) is 6.09. The summed E-state index contributed by atoms with van der Waals surface area (Å²) in [5.74, 6) is 0.848. The highest BCUT2D eigenvalue weighted by molar-refractivity contribution is 6.05. The number of nitrogens with one attached hydrogen (secondary N) is 3. The van der Waals surface area contributed by atoms with Gasteiger partial charge in [-0.2, -0.15) is 5.10 Å². The highest BCUT2D eigenvalue weighted by Gasteiger charge is 2.28. The number of anilines is 1. The van der Waals surface area contributed by atoms with Gasteiger partial charge in [0.2, 0.25) is 5.91 Å². The number of hydrogen-bond acceptors (Lipinski definition) is 4. The molecule has 0 saturated carbocycles. The SMILES string of the molecule is Cc1ccc2[nH]nc(C(=O)N3CCC[C@@H](CC(=O)Nc4ccc5nc(C)[nH]c5c4)C3)c2c1. The van der Waals surface area contributed by atoms with Crippen molar-refractivity contribution in [2.45, 2.75) is 33.1 Å². The van der Waals surface area contributed by atoms with Gasteiger partial charge in [-0.1, -0.05) is 11.6 Å². The number of carbonyl (C=O) groups is 2. The number of amides is 2. The molecule has 4 aromatic rings. The molecule has 164 valence electrons. The van der Waals surface area contributed by atoms with Gasteiger partial charge in [0.15, 0.2) is 5.69 Å². The largest absolute Gasteiger partial charge is 0.342 e. The van der Waals surface area contributed by atoms with E-state index in [1.54, 1.807) is 0 Å². The molecule has 0 bridgehead atoms. The average Bonchev–Trinajstić information content (AvgIpc) is 3.35. The summed E-state index contributed by atoms with van der Waals surface area (Å²) in [5.41, 5.74) is 4.92. The zero-order chi connectivity index (χ0) is 22.2. The van der Waals surface area contributed by atoms with Gasteiger partial charge in [-0.25, -0.2) is 4.98 Å². The first-order valence-electron chi connectivity index (χ1n) is 11.0. The normalized spacial score (nSPS) is 16.6. The second kappa shape index (κ2) is 8.11. The molecule has 0 aliphatic carbocycles. The molecule has 1 fully saturated rings. The van der Waals surface area contributed by atoms with Crippen molar-refractivity contribution < 1.29 is 9.59 Å². The van der Waals surface area contributed by atoms with Crippen molar-refractivity contribution in [3.63, 3.8) is 0 Å². The molecule has 2 aromatic carbocycles. The lowest BCUT2D eigenvalue weighted by molar-refractivity contribution is -0.117. The second-order valence-electron chi connectivity index (χ2n) is 8.69. The molecule has 0 radical (unpaired) electrons. The van der Waals surface area contributed by atoms with Crippen LogP contribution in [0.1, 0.15) is 41.1 Å². The first kappa shape index (κ1) is 20.2. The molecule has 0 spiro atoms. The summed E-state index contributed by atoms with van der Waals surface area (Å²) in [6.45, 7) is 5.15. The average molecular weight is 431 g/mol. The molecule has 3 N–H and O–H groups in total. The van der Waals surface area contributed by atoms with Crippen LogP contribution >= 0.6 is 0 Å². The number of nitrogens with zero attached hydrogens (tertiary/aromatic N) is 3. The fourth-order valence-electron chi connectivity index (χ4n) is 4.55. The van der Waals surface area contributed by atoms with E-state index in [1.807, 2.05) is 55.1 Å². The number of aromatic nitrogens is 4. The topological polar surface area (TPSA) is 107 Å². The third kappa shape index (κ3) is 3.95. The summed E-state index contributed by atoms with van der Waals surface area (Å²) < 4.78 is 0. The highest BCUT2D eigenvalue weighted by atomic mass is 16.2. The molecule has 1 atom stereocenters. The summed E-state index contributed by atoms with van der Waals surface area (Å²) in [6.07, 6.45) is 2.19. The number of H-pyrrole nitrogens is 2. The van der Waals surface area contributed by atoms with Gasteiger partial charge < -0.3 is 15.2 Å². The molecule has 0 unspecified atom stereocenters. The van der Waals surface area contributed by atoms with Crippen LogP contribution in [0, 0.1) is 19.8 Å². The minimum Gasteiger partial charge on any atom is -0.342 e. The summed E-state index contributed by atoms with van der Waals surface area (Å²) >= 11 is 0. The van der Waals surface area contributed by atoms with E-state index in [2.05, 4.69) is 25.5 Å². The van der Waals surface area contributed by atoms with Crippen molar-refractivity contribution >= 4 is 39.4 Å². The number of fused-ring (bicyclic) bond motifs is 2. The quantitative estimate of drug-likeness (QED) is 0.456. The van der Waals surface area contributed by atoms with Gasteiger partial charge in [0.25, 0.3) is 5.91 Å². The monoisotopic (exact) mass is 430 g/mol. The van der Waals surface area contributed by atoms with Gasteiger partial charge in [0.05, 0.1) is 16.6 Å². The van der Waals surface area contributed by atoms with E-state index in [0.29, 0.717) is 25.2 Å². The fraction of sp³-hybridized carbons (Fsp3) is 0.333. The molecule has 1 aliphatic rings. The fourth-order valence-corrected chi connectivity index (χ4v) is 4.55. The minimum atomic E-state index is -0.0768. The Kier molecular flexibility index (Phi) is 5.13. The van der Waals surface area contributed by atoms with Gasteiger partial charge in [-0.05, 0) is 62.9 Å². The maximum atomic E-state index is 13.2. The number of aromatic amines is 2. The van der Waals surface area contributed by atoms with Gasteiger partial charge >= 0.3 is 0 Å². The predicted molar refractivity (Wildman–Crippen MR) is 124 cm³/mol.